The molecule has 0 aliphatic carbocycles. The van der Waals surface area contributed by atoms with Crippen LogP contribution in [0.4, 0.5) is 5.69 Å². The minimum absolute atomic E-state index is 0.120. The molecule has 0 aliphatic rings. The van der Waals surface area contributed by atoms with Crippen molar-refractivity contribution in [3.63, 3.8) is 0 Å². The van der Waals surface area contributed by atoms with Crippen LogP contribution in [-0.2, 0) is 11.3 Å². The molecule has 1 atom stereocenters. The van der Waals surface area contributed by atoms with Crippen LogP contribution in [0.5, 0.6) is 5.75 Å². The monoisotopic (exact) mass is 549 g/mol. The highest BCUT2D eigenvalue weighted by molar-refractivity contribution is 7.99. The van der Waals surface area contributed by atoms with E-state index in [0.29, 0.717) is 35.3 Å². The predicted octanol–water partition coefficient (Wildman–Crippen LogP) is 5.41. The van der Waals surface area contributed by atoms with Gasteiger partial charge in [-0.15, -0.1) is 10.2 Å². The van der Waals surface area contributed by atoms with E-state index in [1.165, 1.54) is 11.8 Å². The number of hydrogen-bond acceptors (Lipinski definition) is 7. The van der Waals surface area contributed by atoms with Crippen molar-refractivity contribution < 1.29 is 14.3 Å². The fourth-order valence-corrected chi connectivity index (χ4v) is 5.38. The third-order valence-electron chi connectivity index (χ3n) is 6.04. The number of ether oxygens (including phenoxy) is 1. The van der Waals surface area contributed by atoms with Gasteiger partial charge in [-0.2, -0.15) is 11.8 Å². The van der Waals surface area contributed by atoms with Crippen molar-refractivity contribution in [2.75, 3.05) is 30.2 Å². The lowest BCUT2D eigenvalue weighted by Gasteiger charge is -2.19. The van der Waals surface area contributed by atoms with Gasteiger partial charge in [0.05, 0.1) is 18.9 Å². The molecule has 0 aliphatic heterocycles. The van der Waals surface area contributed by atoms with Crippen LogP contribution in [0.3, 0.4) is 0 Å². The topological polar surface area (TPSA) is 98.1 Å². The Hall–Kier alpha value is -3.50. The zero-order valence-corrected chi connectivity index (χ0v) is 23.3. The van der Waals surface area contributed by atoms with Gasteiger partial charge in [0.2, 0.25) is 5.91 Å². The summed E-state index contributed by atoms with van der Waals surface area (Å²) in [5.74, 6) is 2.10. The molecule has 0 saturated carbocycles. The summed E-state index contributed by atoms with van der Waals surface area (Å²) in [5.41, 5.74) is 1.33. The Bertz CT molecular complexity index is 1390. The number of benzene rings is 3. The number of carbonyl (C=O) groups excluding carboxylic acids is 2. The molecule has 0 bridgehead atoms. The zero-order valence-electron chi connectivity index (χ0n) is 21.6. The molecule has 2 N–H and O–H groups in total. The van der Waals surface area contributed by atoms with Crippen LogP contribution in [0.1, 0.15) is 35.6 Å². The number of aromatic nitrogens is 3. The van der Waals surface area contributed by atoms with Gasteiger partial charge in [0.1, 0.15) is 5.75 Å². The van der Waals surface area contributed by atoms with Crippen LogP contribution in [0.25, 0.3) is 10.8 Å². The number of carbonyl (C=O) groups is 2. The first-order valence-electron chi connectivity index (χ1n) is 12.3. The molecule has 198 valence electrons. The molecule has 38 heavy (non-hydrogen) atoms. The summed E-state index contributed by atoms with van der Waals surface area (Å²) in [6.45, 7) is 2.62. The molecular formula is C28H31N5O3S2. The van der Waals surface area contributed by atoms with E-state index in [1.54, 1.807) is 43.1 Å². The summed E-state index contributed by atoms with van der Waals surface area (Å²) in [4.78, 5) is 25.8. The molecule has 1 heterocycles. The van der Waals surface area contributed by atoms with Crippen molar-refractivity contribution >= 4 is 51.8 Å². The van der Waals surface area contributed by atoms with Gasteiger partial charge in [0, 0.05) is 23.2 Å². The summed E-state index contributed by atoms with van der Waals surface area (Å²) in [5, 5.41) is 17.6. The number of rotatable bonds is 12. The maximum absolute atomic E-state index is 13.0. The predicted molar refractivity (Wildman–Crippen MR) is 155 cm³/mol. The van der Waals surface area contributed by atoms with E-state index in [9.17, 15) is 9.59 Å². The number of nitrogens with one attached hydrogen (secondary N) is 2. The molecule has 3 aromatic carbocycles. The van der Waals surface area contributed by atoms with Crippen LogP contribution in [0, 0.1) is 0 Å². The quantitative estimate of drug-likeness (QED) is 0.228. The highest BCUT2D eigenvalue weighted by Crippen LogP contribution is 2.26. The van der Waals surface area contributed by atoms with E-state index in [0.717, 1.165) is 22.2 Å². The van der Waals surface area contributed by atoms with Crippen molar-refractivity contribution in [2.24, 2.45) is 0 Å². The van der Waals surface area contributed by atoms with Crippen LogP contribution in [-0.4, -0.2) is 51.5 Å². The molecule has 8 nitrogen and oxygen atoms in total. The second kappa shape index (κ2) is 13.3. The van der Waals surface area contributed by atoms with Crippen molar-refractivity contribution in [1.29, 1.82) is 0 Å². The minimum atomic E-state index is -0.316. The molecule has 4 aromatic rings. The second-order valence-electron chi connectivity index (χ2n) is 8.48. The molecule has 0 fully saturated rings. The molecular weight excluding hydrogens is 518 g/mol. The minimum Gasteiger partial charge on any atom is -0.497 e. The van der Waals surface area contributed by atoms with Crippen molar-refractivity contribution in [1.82, 2.24) is 20.1 Å². The van der Waals surface area contributed by atoms with Gasteiger partial charge < -0.3 is 19.9 Å². The van der Waals surface area contributed by atoms with E-state index in [4.69, 9.17) is 4.74 Å². The lowest BCUT2D eigenvalue weighted by Crippen LogP contribution is -2.31. The van der Waals surface area contributed by atoms with Crippen molar-refractivity contribution in [3.8, 4) is 5.75 Å². The van der Waals surface area contributed by atoms with Crippen molar-refractivity contribution in [3.05, 3.63) is 78.1 Å². The Morgan fingerprint density at radius 3 is 2.53 bits per heavy atom. The summed E-state index contributed by atoms with van der Waals surface area (Å²) >= 11 is 3.04. The largest absolute Gasteiger partial charge is 0.497 e. The van der Waals surface area contributed by atoms with Crippen LogP contribution >= 0.6 is 23.5 Å². The number of methoxy groups -OCH3 is 1. The number of amides is 2. The Balaban J connectivity index is 1.46. The number of hydrogen-bond donors (Lipinski definition) is 2. The number of thioether (sulfide) groups is 2. The van der Waals surface area contributed by atoms with Gasteiger partial charge in [0.15, 0.2) is 11.0 Å². The maximum Gasteiger partial charge on any atom is 0.251 e. The summed E-state index contributed by atoms with van der Waals surface area (Å²) in [6, 6.07) is 20.5. The highest BCUT2D eigenvalue weighted by Gasteiger charge is 2.23. The molecule has 0 radical (unpaired) electrons. The van der Waals surface area contributed by atoms with Crippen molar-refractivity contribution in [2.45, 2.75) is 31.1 Å². The van der Waals surface area contributed by atoms with Gasteiger partial charge in [-0.3, -0.25) is 9.59 Å². The second-order valence-corrected chi connectivity index (χ2v) is 10.4. The van der Waals surface area contributed by atoms with Crippen LogP contribution in [0.2, 0.25) is 0 Å². The normalized spacial score (nSPS) is 11.8. The number of nitrogens with zero attached hydrogens (tertiary/aromatic N) is 3. The first-order valence-corrected chi connectivity index (χ1v) is 14.7. The van der Waals surface area contributed by atoms with Gasteiger partial charge in [-0.1, -0.05) is 48.2 Å². The van der Waals surface area contributed by atoms with E-state index >= 15 is 0 Å². The number of fused-ring (bicyclic) bond motifs is 1. The van der Waals surface area contributed by atoms with E-state index in [1.807, 2.05) is 60.2 Å². The average Bonchev–Trinajstić information content (AvgIpc) is 3.37. The lowest BCUT2D eigenvalue weighted by molar-refractivity contribution is -0.113. The molecule has 4 rings (SSSR count). The standard InChI is InChI=1S/C28H31N5O3S2/c1-4-33-26(24(16-17-37-3)30-27(35)20-12-14-21(36-2)15-13-20)31-32-28(33)38-18-25(34)29-23-11-7-9-19-8-5-6-10-22(19)23/h5-15,24H,4,16-18H2,1-3H3,(H,29,34)(H,30,35)/t24-/m1/s1. The maximum atomic E-state index is 13.0. The van der Waals surface area contributed by atoms with Gasteiger partial charge >= 0.3 is 0 Å². The first kappa shape index (κ1) is 27.5. The fourth-order valence-electron chi connectivity index (χ4n) is 4.10. The molecule has 1 aromatic heterocycles. The fraction of sp³-hybridized carbons (Fsp3) is 0.286. The molecule has 0 spiro atoms. The van der Waals surface area contributed by atoms with E-state index < -0.39 is 0 Å². The van der Waals surface area contributed by atoms with Gasteiger partial charge in [0.25, 0.3) is 5.91 Å². The Labute approximate surface area is 230 Å². The van der Waals surface area contributed by atoms with Crippen LogP contribution < -0.4 is 15.4 Å². The first-order chi connectivity index (χ1) is 18.5. The summed E-state index contributed by atoms with van der Waals surface area (Å²) in [6.07, 6.45) is 2.73. The third-order valence-corrected chi connectivity index (χ3v) is 7.65. The molecule has 2 amide bonds. The van der Waals surface area contributed by atoms with Gasteiger partial charge in [-0.05, 0) is 61.1 Å². The molecule has 0 saturated heterocycles. The molecule has 10 heteroatoms. The number of anilines is 1. The zero-order chi connectivity index (χ0) is 26.9. The van der Waals surface area contributed by atoms with Gasteiger partial charge in [-0.25, -0.2) is 0 Å². The SMILES string of the molecule is CCn1c(SCC(=O)Nc2cccc3ccccc23)nnc1[C@@H](CCSC)NC(=O)c1ccc(OC)cc1. The average molecular weight is 550 g/mol. The van der Waals surface area contributed by atoms with Crippen LogP contribution in [0.15, 0.2) is 71.9 Å². The molecule has 0 unspecified atom stereocenters. The highest BCUT2D eigenvalue weighted by atomic mass is 32.2. The Morgan fingerprint density at radius 1 is 1.03 bits per heavy atom. The van der Waals surface area contributed by atoms with E-state index in [2.05, 4.69) is 20.8 Å². The van der Waals surface area contributed by atoms with E-state index in [-0.39, 0.29) is 23.6 Å². The lowest BCUT2D eigenvalue weighted by atomic mass is 10.1. The third kappa shape index (κ3) is 6.68. The summed E-state index contributed by atoms with van der Waals surface area (Å²) in [7, 11) is 1.59. The summed E-state index contributed by atoms with van der Waals surface area (Å²) < 4.78 is 7.16. The Kier molecular flexibility index (Phi) is 9.67. The Morgan fingerprint density at radius 2 is 1.79 bits per heavy atom. The smallest absolute Gasteiger partial charge is 0.251 e.